The smallest absolute Gasteiger partial charge is 0.393 e. The van der Waals surface area contributed by atoms with Gasteiger partial charge in [0.05, 0.1) is 39.5 Å². The fraction of sp³-hybridized carbons (Fsp3) is 0.379. The van der Waals surface area contributed by atoms with Gasteiger partial charge in [0, 0.05) is 6.04 Å². The van der Waals surface area contributed by atoms with Crippen LogP contribution in [0.2, 0.25) is 0 Å². The Bertz CT molecular complexity index is 1450. The molecular weight excluding hydrogens is 572 g/mol. The second-order valence-corrected chi connectivity index (χ2v) is 12.6. The number of aliphatic hydroxyl groups is 1. The van der Waals surface area contributed by atoms with Crippen LogP contribution in [-0.4, -0.2) is 37.5 Å². The maximum absolute atomic E-state index is 13.7. The number of hydrogen-bond acceptors (Lipinski definition) is 5. The number of nitrogens with one attached hydrogen (secondary N) is 1. The summed E-state index contributed by atoms with van der Waals surface area (Å²) in [5.41, 5.74) is -3.97. The molecule has 3 aromatic rings. The van der Waals surface area contributed by atoms with Gasteiger partial charge < -0.3 is 15.2 Å². The molecule has 2 bridgehead atoms. The molecule has 0 amide bonds. The van der Waals surface area contributed by atoms with E-state index in [-0.39, 0.29) is 23.8 Å². The Morgan fingerprint density at radius 2 is 1.44 bits per heavy atom. The lowest BCUT2D eigenvalue weighted by molar-refractivity contribution is -0.143. The van der Waals surface area contributed by atoms with Crippen LogP contribution in [-0.2, 0) is 32.5 Å². The first-order valence-electron chi connectivity index (χ1n) is 12.9. The molecule has 2 saturated heterocycles. The van der Waals surface area contributed by atoms with Crippen molar-refractivity contribution >= 4 is 9.84 Å². The molecule has 3 aromatic carbocycles. The molecule has 2 heterocycles. The van der Waals surface area contributed by atoms with Crippen LogP contribution in [0.4, 0.5) is 26.3 Å². The van der Waals surface area contributed by atoms with Crippen molar-refractivity contribution in [2.24, 2.45) is 0 Å². The Hall–Kier alpha value is -2.93. The zero-order valence-corrected chi connectivity index (χ0v) is 22.3. The van der Waals surface area contributed by atoms with E-state index in [0.717, 1.165) is 0 Å². The summed E-state index contributed by atoms with van der Waals surface area (Å²) >= 11 is 0. The maximum Gasteiger partial charge on any atom is 0.416 e. The molecular formula is C29H27F6NO4S. The van der Waals surface area contributed by atoms with Gasteiger partial charge in [0.2, 0.25) is 0 Å². The normalized spacial score (nSPS) is 25.7. The monoisotopic (exact) mass is 599 g/mol. The molecule has 5 nitrogen and oxygen atoms in total. The van der Waals surface area contributed by atoms with Gasteiger partial charge >= 0.3 is 12.4 Å². The number of halogens is 6. The lowest BCUT2D eigenvalue weighted by Crippen LogP contribution is -2.55. The summed E-state index contributed by atoms with van der Waals surface area (Å²) in [6.07, 6.45) is -11.9. The van der Waals surface area contributed by atoms with E-state index < -0.39 is 74.5 Å². The Balaban J connectivity index is 1.54. The molecule has 41 heavy (non-hydrogen) atoms. The third kappa shape index (κ3) is 5.62. The molecule has 0 unspecified atom stereocenters. The summed E-state index contributed by atoms with van der Waals surface area (Å²) in [7, 11) is -3.81. The van der Waals surface area contributed by atoms with Crippen molar-refractivity contribution in [1.29, 1.82) is 0 Å². The van der Waals surface area contributed by atoms with Gasteiger partial charge in [0.15, 0.2) is 9.84 Å². The third-order valence-electron chi connectivity index (χ3n) is 7.94. The first-order valence-corrected chi connectivity index (χ1v) is 14.5. The predicted molar refractivity (Wildman–Crippen MR) is 137 cm³/mol. The number of fused-ring (bicyclic) bond motifs is 2. The van der Waals surface area contributed by atoms with E-state index in [1.165, 1.54) is 12.1 Å². The van der Waals surface area contributed by atoms with E-state index in [0.29, 0.717) is 24.1 Å². The molecule has 0 aliphatic carbocycles. The zero-order valence-electron chi connectivity index (χ0n) is 21.5. The van der Waals surface area contributed by atoms with Crippen LogP contribution in [0, 0.1) is 0 Å². The number of hydrogen-bond donors (Lipinski definition) is 2. The molecule has 2 aliphatic rings. The average molecular weight is 600 g/mol. The van der Waals surface area contributed by atoms with Crippen LogP contribution in [0.15, 0.2) is 83.8 Å². The molecule has 0 saturated carbocycles. The minimum atomic E-state index is -5.06. The lowest BCUT2D eigenvalue weighted by Gasteiger charge is -2.43. The predicted octanol–water partition coefficient (Wildman–Crippen LogP) is 6.04. The van der Waals surface area contributed by atoms with Crippen molar-refractivity contribution in [3.05, 3.63) is 101 Å². The molecule has 2 aliphatic heterocycles. The van der Waals surface area contributed by atoms with Crippen LogP contribution in [0.5, 0.6) is 0 Å². The van der Waals surface area contributed by atoms with Gasteiger partial charge in [-0.1, -0.05) is 48.5 Å². The summed E-state index contributed by atoms with van der Waals surface area (Å²) < 4.78 is 115. The van der Waals surface area contributed by atoms with Crippen molar-refractivity contribution in [1.82, 2.24) is 5.32 Å². The van der Waals surface area contributed by atoms with Gasteiger partial charge in [-0.3, -0.25) is 0 Å². The Morgan fingerprint density at radius 1 is 0.878 bits per heavy atom. The average Bonchev–Trinajstić information content (AvgIpc) is 3.27. The van der Waals surface area contributed by atoms with E-state index in [4.69, 9.17) is 4.74 Å². The number of alkyl halides is 6. The standard InChI is InChI=1S/C29H27F6NO4S/c30-28(31,32)20-13-18(14-21(15-20)29(33,34)35)24(17-37)40-26-12-11-23-25(41(38,39)22-9-5-2-6-10-22)16-27(26,36-23)19-7-3-1-4-8-19/h1-10,13-15,23-26,36-37H,11-12,16-17H2/t23-,24-,25+,26+,27+/m0/s1. The van der Waals surface area contributed by atoms with Crippen molar-refractivity contribution < 1.29 is 44.6 Å². The maximum atomic E-state index is 13.7. The molecule has 220 valence electrons. The van der Waals surface area contributed by atoms with Gasteiger partial charge in [-0.05, 0) is 60.7 Å². The van der Waals surface area contributed by atoms with Crippen LogP contribution < -0.4 is 5.32 Å². The summed E-state index contributed by atoms with van der Waals surface area (Å²) in [4.78, 5) is 0.150. The zero-order chi connectivity index (χ0) is 29.6. The SMILES string of the molecule is O=S(=O)(c1ccccc1)[C@@H]1C[C@]2(c3ccccc3)N[C@H]1CC[C@H]2O[C@@H](CO)c1cc(C(F)(F)F)cc(C(F)(F)F)c1. The number of piperidine rings is 1. The first kappa shape index (κ1) is 29.6. The highest BCUT2D eigenvalue weighted by molar-refractivity contribution is 7.92. The highest BCUT2D eigenvalue weighted by Gasteiger charge is 2.58. The molecule has 0 radical (unpaired) electrons. The van der Waals surface area contributed by atoms with Crippen LogP contribution in [0.25, 0.3) is 0 Å². The van der Waals surface area contributed by atoms with Gasteiger partial charge in [0.1, 0.15) is 6.10 Å². The fourth-order valence-corrected chi connectivity index (χ4v) is 8.02. The summed E-state index contributed by atoms with van der Waals surface area (Å²) in [6.45, 7) is -0.894. The van der Waals surface area contributed by atoms with E-state index in [1.54, 1.807) is 48.5 Å². The number of sulfone groups is 1. The molecule has 2 N–H and O–H groups in total. The topological polar surface area (TPSA) is 75.6 Å². The quantitative estimate of drug-likeness (QED) is 0.324. The summed E-state index contributed by atoms with van der Waals surface area (Å²) in [6, 6.07) is 17.4. The number of aliphatic hydroxyl groups excluding tert-OH is 1. The molecule has 2 fully saturated rings. The lowest BCUT2D eigenvalue weighted by atomic mass is 9.80. The van der Waals surface area contributed by atoms with Gasteiger partial charge in [-0.25, -0.2) is 8.42 Å². The van der Waals surface area contributed by atoms with E-state index in [9.17, 15) is 39.9 Å². The van der Waals surface area contributed by atoms with E-state index in [2.05, 4.69) is 5.32 Å². The van der Waals surface area contributed by atoms with Gasteiger partial charge in [-0.2, -0.15) is 26.3 Å². The Kier molecular flexibility index (Phi) is 7.73. The number of benzene rings is 3. The number of rotatable bonds is 7. The van der Waals surface area contributed by atoms with Crippen molar-refractivity contribution in [3.63, 3.8) is 0 Å². The molecule has 12 heteroatoms. The highest BCUT2D eigenvalue weighted by Crippen LogP contribution is 2.49. The summed E-state index contributed by atoms with van der Waals surface area (Å²) in [5, 5.41) is 12.7. The van der Waals surface area contributed by atoms with E-state index in [1.807, 2.05) is 0 Å². The minimum absolute atomic E-state index is 0.0200. The molecule has 5 rings (SSSR count). The second-order valence-electron chi connectivity index (χ2n) is 10.4. The third-order valence-corrected chi connectivity index (χ3v) is 10.2. The van der Waals surface area contributed by atoms with Crippen molar-refractivity contribution in [3.8, 4) is 0 Å². The molecule has 0 spiro atoms. The summed E-state index contributed by atoms with van der Waals surface area (Å²) in [5.74, 6) is 0. The Morgan fingerprint density at radius 3 is 1.98 bits per heavy atom. The number of ether oxygens (including phenoxy) is 1. The second kappa shape index (κ2) is 10.7. The van der Waals surface area contributed by atoms with E-state index >= 15 is 0 Å². The molecule has 0 aromatic heterocycles. The van der Waals surface area contributed by atoms with Crippen molar-refractivity contribution in [2.75, 3.05) is 6.61 Å². The van der Waals surface area contributed by atoms with Gasteiger partial charge in [-0.15, -0.1) is 0 Å². The first-order chi connectivity index (χ1) is 19.3. The van der Waals surface area contributed by atoms with Crippen molar-refractivity contribution in [2.45, 2.75) is 65.5 Å². The highest BCUT2D eigenvalue weighted by atomic mass is 32.2. The van der Waals surface area contributed by atoms with Crippen LogP contribution >= 0.6 is 0 Å². The fourth-order valence-electron chi connectivity index (χ4n) is 6.01. The van der Waals surface area contributed by atoms with Crippen LogP contribution in [0.1, 0.15) is 47.6 Å². The van der Waals surface area contributed by atoms with Crippen LogP contribution in [0.3, 0.4) is 0 Å². The largest absolute Gasteiger partial charge is 0.416 e. The molecule has 5 atom stereocenters. The van der Waals surface area contributed by atoms with Gasteiger partial charge in [0.25, 0.3) is 0 Å². The Labute approximate surface area is 233 Å². The minimum Gasteiger partial charge on any atom is -0.393 e.